The van der Waals surface area contributed by atoms with Crippen LogP contribution >= 0.6 is 0 Å². The monoisotopic (exact) mass is 144 g/mol. The highest BCUT2D eigenvalue weighted by molar-refractivity contribution is 5.80. The number of Topliss-reactive ketones (excluding diaryl/α,β-unsaturated/α-hetero) is 1. The lowest BCUT2D eigenvalue weighted by Crippen LogP contribution is -2.02. The highest BCUT2D eigenvalue weighted by atomic mass is 16.5. The largest absolute Gasteiger partial charge is 0.384 e. The third-order valence-electron chi connectivity index (χ3n) is 1.13. The molecule has 0 atom stereocenters. The maximum absolute atomic E-state index is 10.7. The van der Waals surface area contributed by atoms with Crippen molar-refractivity contribution in [2.75, 3.05) is 13.7 Å². The van der Waals surface area contributed by atoms with Crippen molar-refractivity contribution in [1.82, 2.24) is 0 Å². The lowest BCUT2D eigenvalue weighted by atomic mass is 10.2. The van der Waals surface area contributed by atoms with E-state index in [2.05, 4.69) is 4.74 Å². The average Bonchev–Trinajstić information content (AvgIpc) is 1.97. The summed E-state index contributed by atoms with van der Waals surface area (Å²) in [6.45, 7) is 0.456. The standard InChI is InChI=1S/C7H12O3/c1-10-6-4-7(9)3-2-5-8/h5H,2-4,6H2,1H3. The fourth-order valence-corrected chi connectivity index (χ4v) is 0.561. The van der Waals surface area contributed by atoms with Crippen molar-refractivity contribution in [1.29, 1.82) is 0 Å². The molecular weight excluding hydrogens is 132 g/mol. The zero-order chi connectivity index (χ0) is 7.82. The number of ether oxygens (including phenoxy) is 1. The van der Waals surface area contributed by atoms with Crippen LogP contribution in [0, 0.1) is 0 Å². The van der Waals surface area contributed by atoms with E-state index in [1.54, 1.807) is 7.11 Å². The molecule has 0 radical (unpaired) electrons. The van der Waals surface area contributed by atoms with E-state index in [4.69, 9.17) is 0 Å². The zero-order valence-electron chi connectivity index (χ0n) is 6.13. The minimum Gasteiger partial charge on any atom is -0.384 e. The molecule has 0 amide bonds. The van der Waals surface area contributed by atoms with E-state index in [0.717, 1.165) is 6.29 Å². The van der Waals surface area contributed by atoms with Gasteiger partial charge in [0.25, 0.3) is 0 Å². The minimum absolute atomic E-state index is 0.0916. The third-order valence-corrected chi connectivity index (χ3v) is 1.13. The molecule has 0 heterocycles. The van der Waals surface area contributed by atoms with Crippen LogP contribution in [0.25, 0.3) is 0 Å². The fraction of sp³-hybridized carbons (Fsp3) is 0.714. The van der Waals surface area contributed by atoms with Crippen molar-refractivity contribution in [3.63, 3.8) is 0 Å². The van der Waals surface area contributed by atoms with Crippen LogP contribution in [0.5, 0.6) is 0 Å². The SMILES string of the molecule is COCCC(=O)CCC=O. The molecule has 0 aliphatic rings. The van der Waals surface area contributed by atoms with E-state index in [1.807, 2.05) is 0 Å². The Morgan fingerprint density at radius 3 is 2.70 bits per heavy atom. The molecule has 0 aromatic heterocycles. The molecule has 0 rings (SSSR count). The number of ketones is 1. The van der Waals surface area contributed by atoms with E-state index < -0.39 is 0 Å². The van der Waals surface area contributed by atoms with Crippen molar-refractivity contribution >= 4 is 12.1 Å². The molecule has 0 unspecified atom stereocenters. The van der Waals surface area contributed by atoms with Gasteiger partial charge in [0.1, 0.15) is 12.1 Å². The maximum atomic E-state index is 10.7. The number of aldehydes is 1. The van der Waals surface area contributed by atoms with Crippen LogP contribution in [0.3, 0.4) is 0 Å². The van der Waals surface area contributed by atoms with Crippen molar-refractivity contribution in [3.05, 3.63) is 0 Å². The summed E-state index contributed by atoms with van der Waals surface area (Å²) < 4.78 is 4.68. The van der Waals surface area contributed by atoms with Gasteiger partial charge in [-0.3, -0.25) is 4.79 Å². The molecular formula is C7H12O3. The van der Waals surface area contributed by atoms with Gasteiger partial charge in [-0.05, 0) is 0 Å². The Morgan fingerprint density at radius 2 is 2.20 bits per heavy atom. The molecule has 10 heavy (non-hydrogen) atoms. The number of carbonyl (C=O) groups is 2. The summed E-state index contributed by atoms with van der Waals surface area (Å²) in [5.41, 5.74) is 0. The summed E-state index contributed by atoms with van der Waals surface area (Å²) >= 11 is 0. The van der Waals surface area contributed by atoms with Gasteiger partial charge in [0, 0.05) is 26.4 Å². The molecule has 0 aliphatic heterocycles. The van der Waals surface area contributed by atoms with Crippen LogP contribution in [-0.4, -0.2) is 25.8 Å². The highest BCUT2D eigenvalue weighted by Gasteiger charge is 1.98. The predicted molar refractivity (Wildman–Crippen MR) is 36.8 cm³/mol. The van der Waals surface area contributed by atoms with E-state index >= 15 is 0 Å². The Kier molecular flexibility index (Phi) is 5.97. The number of methoxy groups -OCH3 is 1. The first kappa shape index (κ1) is 9.30. The zero-order valence-corrected chi connectivity index (χ0v) is 6.13. The van der Waals surface area contributed by atoms with Crippen LogP contribution in [-0.2, 0) is 14.3 Å². The van der Waals surface area contributed by atoms with E-state index in [-0.39, 0.29) is 5.78 Å². The Hall–Kier alpha value is -0.700. The lowest BCUT2D eigenvalue weighted by Gasteiger charge is -1.95. The Bertz CT molecular complexity index is 109. The van der Waals surface area contributed by atoms with Crippen LogP contribution < -0.4 is 0 Å². The summed E-state index contributed by atoms with van der Waals surface area (Å²) in [6.07, 6.45) is 1.87. The molecule has 0 saturated carbocycles. The highest BCUT2D eigenvalue weighted by Crippen LogP contribution is 1.92. The quantitative estimate of drug-likeness (QED) is 0.512. The van der Waals surface area contributed by atoms with Crippen LogP contribution in [0.1, 0.15) is 19.3 Å². The van der Waals surface area contributed by atoms with Gasteiger partial charge in [0.05, 0.1) is 6.61 Å². The Labute approximate surface area is 60.4 Å². The molecule has 0 aromatic carbocycles. The topological polar surface area (TPSA) is 43.4 Å². The normalized spacial score (nSPS) is 9.30. The molecule has 0 spiro atoms. The minimum atomic E-state index is 0.0916. The van der Waals surface area contributed by atoms with Gasteiger partial charge in [0.2, 0.25) is 0 Å². The van der Waals surface area contributed by atoms with Gasteiger partial charge in [-0.1, -0.05) is 0 Å². The number of rotatable bonds is 6. The molecule has 58 valence electrons. The maximum Gasteiger partial charge on any atom is 0.135 e. The first-order chi connectivity index (χ1) is 4.81. The van der Waals surface area contributed by atoms with Crippen molar-refractivity contribution in [2.24, 2.45) is 0 Å². The van der Waals surface area contributed by atoms with Crippen molar-refractivity contribution in [2.45, 2.75) is 19.3 Å². The number of hydrogen-bond donors (Lipinski definition) is 0. The van der Waals surface area contributed by atoms with Crippen LogP contribution in [0.15, 0.2) is 0 Å². The number of hydrogen-bond acceptors (Lipinski definition) is 3. The molecule has 3 heteroatoms. The molecule has 0 aromatic rings. The first-order valence-corrected chi connectivity index (χ1v) is 3.25. The van der Waals surface area contributed by atoms with Crippen molar-refractivity contribution < 1.29 is 14.3 Å². The summed E-state index contributed by atoms with van der Waals surface area (Å²) in [5, 5.41) is 0. The fourth-order valence-electron chi connectivity index (χ4n) is 0.561. The van der Waals surface area contributed by atoms with Gasteiger partial charge >= 0.3 is 0 Å². The second-order valence-electron chi connectivity index (χ2n) is 1.99. The average molecular weight is 144 g/mol. The molecule has 3 nitrogen and oxygen atoms in total. The van der Waals surface area contributed by atoms with Gasteiger partial charge in [-0.25, -0.2) is 0 Å². The van der Waals surface area contributed by atoms with Crippen LogP contribution in [0.2, 0.25) is 0 Å². The third kappa shape index (κ3) is 5.44. The van der Waals surface area contributed by atoms with E-state index in [1.165, 1.54) is 0 Å². The first-order valence-electron chi connectivity index (χ1n) is 3.25. The van der Waals surface area contributed by atoms with Gasteiger partial charge < -0.3 is 9.53 Å². The molecule has 0 N–H and O–H groups in total. The summed E-state index contributed by atoms with van der Waals surface area (Å²) in [4.78, 5) is 20.5. The Balaban J connectivity index is 3.16. The second-order valence-corrected chi connectivity index (χ2v) is 1.99. The van der Waals surface area contributed by atoms with E-state index in [0.29, 0.717) is 25.9 Å². The molecule has 0 saturated heterocycles. The number of carbonyl (C=O) groups excluding carboxylic acids is 2. The molecule has 0 fully saturated rings. The van der Waals surface area contributed by atoms with Crippen LogP contribution in [0.4, 0.5) is 0 Å². The van der Waals surface area contributed by atoms with Gasteiger partial charge in [-0.2, -0.15) is 0 Å². The summed E-state index contributed by atoms with van der Waals surface area (Å²) in [7, 11) is 1.55. The lowest BCUT2D eigenvalue weighted by molar-refractivity contribution is -0.121. The summed E-state index contributed by atoms with van der Waals surface area (Å²) in [5.74, 6) is 0.0916. The van der Waals surface area contributed by atoms with Gasteiger partial charge in [-0.15, -0.1) is 0 Å². The Morgan fingerprint density at radius 1 is 1.50 bits per heavy atom. The van der Waals surface area contributed by atoms with Crippen molar-refractivity contribution in [3.8, 4) is 0 Å². The van der Waals surface area contributed by atoms with E-state index in [9.17, 15) is 9.59 Å². The molecule has 0 bridgehead atoms. The smallest absolute Gasteiger partial charge is 0.135 e. The summed E-state index contributed by atoms with van der Waals surface area (Å²) in [6, 6.07) is 0. The second kappa shape index (κ2) is 6.42. The van der Waals surface area contributed by atoms with Gasteiger partial charge in [0.15, 0.2) is 0 Å². The predicted octanol–water partition coefficient (Wildman–Crippen LogP) is 0.571. The molecule has 0 aliphatic carbocycles.